The fourth-order valence-corrected chi connectivity index (χ4v) is 7.51. The topological polar surface area (TPSA) is 35.6 Å². The third-order valence-electron chi connectivity index (χ3n) is 9.71. The Kier molecular flexibility index (Phi) is 6.46. The Balaban J connectivity index is 1.23. The van der Waals surface area contributed by atoms with Gasteiger partial charge in [-0.15, -0.1) is 0 Å². The van der Waals surface area contributed by atoms with Gasteiger partial charge in [0.15, 0.2) is 5.82 Å². The van der Waals surface area contributed by atoms with E-state index >= 15 is 0 Å². The molecule has 0 fully saturated rings. The maximum atomic E-state index is 5.13. The van der Waals surface area contributed by atoms with E-state index in [1.165, 1.54) is 32.6 Å². The van der Waals surface area contributed by atoms with Gasteiger partial charge in [-0.1, -0.05) is 133 Å². The van der Waals surface area contributed by atoms with Crippen LogP contribution in [0, 0.1) is 0 Å². The highest BCUT2D eigenvalue weighted by Crippen LogP contribution is 2.42. The molecular formula is C46H30N4. The molecule has 0 radical (unpaired) electrons. The molecule has 0 aliphatic rings. The molecule has 0 saturated heterocycles. The van der Waals surface area contributed by atoms with E-state index in [-0.39, 0.29) is 0 Å². The first kappa shape index (κ1) is 28.3. The predicted molar refractivity (Wildman–Crippen MR) is 207 cm³/mol. The van der Waals surface area contributed by atoms with Crippen LogP contribution in [0.2, 0.25) is 0 Å². The van der Waals surface area contributed by atoms with Crippen molar-refractivity contribution in [3.63, 3.8) is 0 Å². The second-order valence-corrected chi connectivity index (χ2v) is 12.6. The number of rotatable bonds is 5. The quantitative estimate of drug-likeness (QED) is 0.188. The molecule has 0 atom stereocenters. The summed E-state index contributed by atoms with van der Waals surface area (Å²) in [7, 11) is 0. The third-order valence-corrected chi connectivity index (χ3v) is 9.71. The molecule has 0 amide bonds. The fourth-order valence-electron chi connectivity index (χ4n) is 7.51. The Morgan fingerprint density at radius 2 is 0.880 bits per heavy atom. The number of hydrogen-bond donors (Lipinski definition) is 0. The third kappa shape index (κ3) is 4.46. The van der Waals surface area contributed by atoms with Crippen molar-refractivity contribution >= 4 is 43.6 Å². The molecule has 0 bridgehead atoms. The summed E-state index contributed by atoms with van der Waals surface area (Å²) in [6, 6.07) is 64.2. The van der Waals surface area contributed by atoms with E-state index in [1.807, 2.05) is 12.1 Å². The summed E-state index contributed by atoms with van der Waals surface area (Å²) in [4.78, 5) is 10.3. The number of fused-ring (bicyclic) bond motifs is 7. The molecular weight excluding hydrogens is 609 g/mol. The average Bonchev–Trinajstić information content (AvgIpc) is 3.72. The highest BCUT2D eigenvalue weighted by atomic mass is 15.0. The summed E-state index contributed by atoms with van der Waals surface area (Å²) < 4.78 is 4.81. The van der Waals surface area contributed by atoms with Gasteiger partial charge in [-0.3, -0.25) is 0 Å². The van der Waals surface area contributed by atoms with E-state index in [9.17, 15) is 0 Å². The van der Waals surface area contributed by atoms with Crippen LogP contribution in [-0.4, -0.2) is 19.1 Å². The van der Waals surface area contributed by atoms with Crippen molar-refractivity contribution in [1.82, 2.24) is 19.1 Å². The SMILES string of the molecule is c1ccc(-c2cc(-c3ccccc3)nc(-c3cccc(-n4c5ccccc5c5c4ccc4c6ccccc6n(-c6ccccc6)c45)c3)n2)cc1. The minimum Gasteiger partial charge on any atom is -0.309 e. The van der Waals surface area contributed by atoms with Gasteiger partial charge < -0.3 is 9.13 Å². The number of nitrogens with zero attached hydrogens (tertiary/aromatic N) is 4. The summed E-state index contributed by atoms with van der Waals surface area (Å²) in [5.41, 5.74) is 11.8. The molecule has 3 heterocycles. The lowest BCUT2D eigenvalue weighted by atomic mass is 10.1. The Hall–Kier alpha value is -6.78. The molecule has 0 unspecified atom stereocenters. The van der Waals surface area contributed by atoms with Gasteiger partial charge in [-0.05, 0) is 48.5 Å². The largest absolute Gasteiger partial charge is 0.309 e. The Bertz CT molecular complexity index is 2790. The molecule has 0 aliphatic carbocycles. The summed E-state index contributed by atoms with van der Waals surface area (Å²) in [5.74, 6) is 0.694. The number of hydrogen-bond acceptors (Lipinski definition) is 2. The second kappa shape index (κ2) is 11.4. The Labute approximate surface area is 289 Å². The Morgan fingerprint density at radius 3 is 1.56 bits per heavy atom. The molecule has 234 valence electrons. The van der Waals surface area contributed by atoms with Crippen LogP contribution in [-0.2, 0) is 0 Å². The van der Waals surface area contributed by atoms with Gasteiger partial charge in [0.2, 0.25) is 0 Å². The lowest BCUT2D eigenvalue weighted by molar-refractivity contribution is 1.16. The molecule has 0 aliphatic heterocycles. The van der Waals surface area contributed by atoms with E-state index in [2.05, 4.69) is 179 Å². The highest BCUT2D eigenvalue weighted by Gasteiger charge is 2.21. The van der Waals surface area contributed by atoms with Crippen LogP contribution in [0.3, 0.4) is 0 Å². The monoisotopic (exact) mass is 638 g/mol. The first-order valence-electron chi connectivity index (χ1n) is 16.9. The standard InChI is InChI=1S/C46H30N4/c1-4-15-31(16-5-1)39-30-40(32-17-6-2-7-18-32)48-46(47-39)33-19-14-22-35(29-33)49-42-26-13-11-24-38(42)44-43(49)28-27-37-36-23-10-12-25-41(36)50(45(37)44)34-20-8-3-9-21-34/h1-30H. The summed E-state index contributed by atoms with van der Waals surface area (Å²) in [6.07, 6.45) is 0. The van der Waals surface area contributed by atoms with Gasteiger partial charge in [0.25, 0.3) is 0 Å². The number of benzene rings is 7. The molecule has 4 nitrogen and oxygen atoms in total. The van der Waals surface area contributed by atoms with E-state index in [4.69, 9.17) is 9.97 Å². The van der Waals surface area contributed by atoms with E-state index < -0.39 is 0 Å². The smallest absolute Gasteiger partial charge is 0.160 e. The first-order valence-corrected chi connectivity index (χ1v) is 16.9. The van der Waals surface area contributed by atoms with Crippen molar-refractivity contribution in [3.8, 4) is 45.3 Å². The zero-order valence-electron chi connectivity index (χ0n) is 27.1. The van der Waals surface area contributed by atoms with Crippen LogP contribution in [0.5, 0.6) is 0 Å². The molecule has 3 aromatic heterocycles. The van der Waals surface area contributed by atoms with Gasteiger partial charge in [0.05, 0.1) is 33.5 Å². The maximum Gasteiger partial charge on any atom is 0.160 e. The van der Waals surface area contributed by atoms with Gasteiger partial charge in [-0.25, -0.2) is 9.97 Å². The van der Waals surface area contributed by atoms with Crippen LogP contribution in [0.4, 0.5) is 0 Å². The van der Waals surface area contributed by atoms with Gasteiger partial charge in [0.1, 0.15) is 0 Å². The highest BCUT2D eigenvalue weighted by molar-refractivity contribution is 6.26. The van der Waals surface area contributed by atoms with Crippen molar-refractivity contribution in [2.75, 3.05) is 0 Å². The second-order valence-electron chi connectivity index (χ2n) is 12.6. The zero-order valence-corrected chi connectivity index (χ0v) is 27.1. The van der Waals surface area contributed by atoms with Gasteiger partial charge >= 0.3 is 0 Å². The minimum atomic E-state index is 0.694. The van der Waals surface area contributed by atoms with Crippen LogP contribution in [0.25, 0.3) is 88.9 Å². The molecule has 10 aromatic rings. The molecule has 0 spiro atoms. The summed E-state index contributed by atoms with van der Waals surface area (Å²) in [5, 5.41) is 4.94. The van der Waals surface area contributed by atoms with Crippen molar-refractivity contribution < 1.29 is 0 Å². The van der Waals surface area contributed by atoms with E-state index in [1.54, 1.807) is 0 Å². The van der Waals surface area contributed by atoms with Crippen LogP contribution >= 0.6 is 0 Å². The molecule has 7 aromatic carbocycles. The van der Waals surface area contributed by atoms with Gasteiger partial charge in [0, 0.05) is 49.6 Å². The van der Waals surface area contributed by atoms with Crippen molar-refractivity contribution in [2.24, 2.45) is 0 Å². The normalized spacial score (nSPS) is 11.6. The van der Waals surface area contributed by atoms with Crippen LogP contribution < -0.4 is 0 Å². The lowest BCUT2D eigenvalue weighted by Crippen LogP contribution is -1.98. The predicted octanol–water partition coefficient (Wildman–Crippen LogP) is 11.7. The van der Waals surface area contributed by atoms with E-state index in [0.29, 0.717) is 5.82 Å². The average molecular weight is 639 g/mol. The van der Waals surface area contributed by atoms with Crippen molar-refractivity contribution in [3.05, 3.63) is 182 Å². The van der Waals surface area contributed by atoms with Crippen molar-refractivity contribution in [2.45, 2.75) is 0 Å². The summed E-state index contributed by atoms with van der Waals surface area (Å²) >= 11 is 0. The molecule has 10 rings (SSSR count). The lowest BCUT2D eigenvalue weighted by Gasteiger charge is -2.12. The molecule has 4 heteroatoms. The molecule has 50 heavy (non-hydrogen) atoms. The Morgan fingerprint density at radius 1 is 0.340 bits per heavy atom. The van der Waals surface area contributed by atoms with Gasteiger partial charge in [-0.2, -0.15) is 0 Å². The van der Waals surface area contributed by atoms with Crippen LogP contribution in [0.15, 0.2) is 182 Å². The molecule has 0 saturated carbocycles. The first-order chi connectivity index (χ1) is 24.8. The van der Waals surface area contributed by atoms with Crippen molar-refractivity contribution in [1.29, 1.82) is 0 Å². The fraction of sp³-hybridized carbons (Fsp3) is 0. The molecule has 0 N–H and O–H groups in total. The minimum absolute atomic E-state index is 0.694. The van der Waals surface area contributed by atoms with E-state index in [0.717, 1.165) is 50.5 Å². The maximum absolute atomic E-state index is 5.13. The number of para-hydroxylation sites is 3. The number of aromatic nitrogens is 4. The zero-order chi connectivity index (χ0) is 33.0. The van der Waals surface area contributed by atoms with Crippen LogP contribution in [0.1, 0.15) is 0 Å². The summed E-state index contributed by atoms with van der Waals surface area (Å²) in [6.45, 7) is 0.